The molecule has 0 unspecified atom stereocenters. The third kappa shape index (κ3) is 4.91. The maximum atomic E-state index is 12.9. The highest BCUT2D eigenvalue weighted by Gasteiger charge is 2.36. The van der Waals surface area contributed by atoms with Gasteiger partial charge in [0.25, 0.3) is 5.91 Å². The van der Waals surface area contributed by atoms with Gasteiger partial charge in [-0.25, -0.2) is 0 Å². The summed E-state index contributed by atoms with van der Waals surface area (Å²) in [5.41, 5.74) is 2.20. The minimum atomic E-state index is -0.534. The highest BCUT2D eigenvalue weighted by atomic mass is 16.6. The lowest BCUT2D eigenvalue weighted by Gasteiger charge is -2.35. The minimum absolute atomic E-state index is 0.0319. The lowest BCUT2D eigenvalue weighted by molar-refractivity contribution is -0.147. The summed E-state index contributed by atoms with van der Waals surface area (Å²) in [6.07, 6.45) is 3.43. The van der Waals surface area contributed by atoms with Gasteiger partial charge in [0.05, 0.1) is 11.6 Å². The quantitative estimate of drug-likeness (QED) is 0.725. The lowest BCUT2D eigenvalue weighted by atomic mass is 9.95. The van der Waals surface area contributed by atoms with Crippen molar-refractivity contribution >= 4 is 17.5 Å². The molecule has 0 N–H and O–H groups in total. The van der Waals surface area contributed by atoms with Gasteiger partial charge in [0.2, 0.25) is 12.0 Å². The SMILES string of the molecule is CCN(CC)C(=O)[C@H]1CCCN(C(=O)[C@@H]2CC(CCc3ccccc3)=NO2)C1. The molecule has 0 saturated carbocycles. The normalized spacial score (nSPS) is 21.8. The minimum Gasteiger partial charge on any atom is -0.382 e. The molecule has 2 heterocycles. The van der Waals surface area contributed by atoms with Gasteiger partial charge >= 0.3 is 0 Å². The molecule has 2 atom stereocenters. The van der Waals surface area contributed by atoms with Gasteiger partial charge in [-0.1, -0.05) is 35.5 Å². The number of hydrogen-bond donors (Lipinski definition) is 0. The Balaban J connectivity index is 1.50. The second kappa shape index (κ2) is 9.71. The van der Waals surface area contributed by atoms with E-state index in [1.165, 1.54) is 5.56 Å². The Bertz CT molecular complexity index is 700. The highest BCUT2D eigenvalue weighted by molar-refractivity contribution is 5.93. The predicted octanol–water partition coefficient (Wildman–Crippen LogP) is 2.87. The zero-order valence-corrected chi connectivity index (χ0v) is 17.0. The summed E-state index contributed by atoms with van der Waals surface area (Å²) < 4.78 is 0. The molecule has 3 rings (SSSR count). The van der Waals surface area contributed by atoms with Crippen molar-refractivity contribution in [3.63, 3.8) is 0 Å². The zero-order valence-electron chi connectivity index (χ0n) is 17.0. The molecule has 28 heavy (non-hydrogen) atoms. The molecule has 2 amide bonds. The Kier molecular flexibility index (Phi) is 7.06. The van der Waals surface area contributed by atoms with Crippen LogP contribution in [0.2, 0.25) is 0 Å². The number of likely N-dealkylation sites (tertiary alicyclic amines) is 1. The van der Waals surface area contributed by atoms with Crippen LogP contribution in [0.25, 0.3) is 0 Å². The molecular weight excluding hydrogens is 354 g/mol. The Hall–Kier alpha value is -2.37. The molecule has 0 aromatic heterocycles. The molecule has 1 saturated heterocycles. The van der Waals surface area contributed by atoms with Gasteiger partial charge in [0.1, 0.15) is 0 Å². The number of rotatable bonds is 7. The molecule has 0 spiro atoms. The van der Waals surface area contributed by atoms with Crippen molar-refractivity contribution in [2.45, 2.75) is 52.1 Å². The van der Waals surface area contributed by atoms with Crippen LogP contribution in [-0.4, -0.2) is 59.6 Å². The van der Waals surface area contributed by atoms with Gasteiger partial charge in [0.15, 0.2) is 0 Å². The van der Waals surface area contributed by atoms with Gasteiger partial charge in [-0.2, -0.15) is 0 Å². The number of hydrogen-bond acceptors (Lipinski definition) is 4. The Labute approximate surface area is 167 Å². The van der Waals surface area contributed by atoms with Crippen LogP contribution in [0.3, 0.4) is 0 Å². The van der Waals surface area contributed by atoms with Crippen LogP contribution in [0.1, 0.15) is 45.1 Å². The molecule has 1 aromatic carbocycles. The molecule has 0 radical (unpaired) electrons. The van der Waals surface area contributed by atoms with E-state index in [-0.39, 0.29) is 17.7 Å². The van der Waals surface area contributed by atoms with Gasteiger partial charge < -0.3 is 14.6 Å². The summed E-state index contributed by atoms with van der Waals surface area (Å²) >= 11 is 0. The van der Waals surface area contributed by atoms with E-state index in [2.05, 4.69) is 17.3 Å². The molecule has 152 valence electrons. The lowest BCUT2D eigenvalue weighted by Crippen LogP contribution is -2.49. The number of oxime groups is 1. The fraction of sp³-hybridized carbons (Fsp3) is 0.591. The molecule has 6 nitrogen and oxygen atoms in total. The van der Waals surface area contributed by atoms with Crippen molar-refractivity contribution in [1.29, 1.82) is 0 Å². The molecule has 0 bridgehead atoms. The molecular formula is C22H31N3O3. The summed E-state index contributed by atoms with van der Waals surface area (Å²) in [6.45, 7) is 6.60. The van der Waals surface area contributed by atoms with Gasteiger partial charge in [-0.3, -0.25) is 9.59 Å². The summed E-state index contributed by atoms with van der Waals surface area (Å²) in [5, 5.41) is 4.15. The van der Waals surface area contributed by atoms with E-state index in [4.69, 9.17) is 4.84 Å². The molecule has 2 aliphatic rings. The molecule has 2 aliphatic heterocycles. The maximum absolute atomic E-state index is 12.9. The Morgan fingerprint density at radius 2 is 1.93 bits per heavy atom. The van der Waals surface area contributed by atoms with Crippen LogP contribution in [0.15, 0.2) is 35.5 Å². The topological polar surface area (TPSA) is 62.2 Å². The monoisotopic (exact) mass is 385 g/mol. The number of carbonyl (C=O) groups is 2. The van der Waals surface area contributed by atoms with Gasteiger partial charge in [-0.15, -0.1) is 0 Å². The number of carbonyl (C=O) groups excluding carboxylic acids is 2. The van der Waals surface area contributed by atoms with Crippen molar-refractivity contribution in [3.8, 4) is 0 Å². The number of benzene rings is 1. The van der Waals surface area contributed by atoms with Gasteiger partial charge in [-0.05, 0) is 45.1 Å². The smallest absolute Gasteiger partial charge is 0.266 e. The first-order valence-corrected chi connectivity index (χ1v) is 10.4. The molecule has 6 heteroatoms. The second-order valence-electron chi connectivity index (χ2n) is 7.58. The van der Waals surface area contributed by atoms with Crippen molar-refractivity contribution < 1.29 is 14.4 Å². The van der Waals surface area contributed by atoms with Crippen LogP contribution in [0.5, 0.6) is 0 Å². The first-order chi connectivity index (χ1) is 13.6. The van der Waals surface area contributed by atoms with E-state index in [9.17, 15) is 9.59 Å². The fourth-order valence-electron chi connectivity index (χ4n) is 4.02. The van der Waals surface area contributed by atoms with E-state index in [1.54, 1.807) is 4.90 Å². The largest absolute Gasteiger partial charge is 0.382 e. The van der Waals surface area contributed by atoms with Crippen LogP contribution in [0.4, 0.5) is 0 Å². The zero-order chi connectivity index (χ0) is 19.9. The van der Waals surface area contributed by atoms with Crippen molar-refractivity contribution in [1.82, 2.24) is 9.80 Å². The summed E-state index contributed by atoms with van der Waals surface area (Å²) in [5.74, 6) is 0.0302. The maximum Gasteiger partial charge on any atom is 0.266 e. The van der Waals surface area contributed by atoms with E-state index >= 15 is 0 Å². The number of nitrogens with zero attached hydrogens (tertiary/aromatic N) is 3. The van der Waals surface area contributed by atoms with E-state index in [0.717, 1.165) is 31.4 Å². The number of aryl methyl sites for hydroxylation is 1. The Morgan fingerprint density at radius 3 is 2.64 bits per heavy atom. The van der Waals surface area contributed by atoms with Crippen LogP contribution >= 0.6 is 0 Å². The highest BCUT2D eigenvalue weighted by Crippen LogP contribution is 2.23. The first kappa shape index (κ1) is 20.4. The standard InChI is InChI=1S/C22H31N3O3/c1-3-24(4-2)21(26)18-11-8-14-25(16-18)22(27)20-15-19(23-28-20)13-12-17-9-6-5-7-10-17/h5-7,9-10,18,20H,3-4,8,11-16H2,1-2H3/t18-,20-/m0/s1. The predicted molar refractivity (Wildman–Crippen MR) is 109 cm³/mol. The Morgan fingerprint density at radius 1 is 1.18 bits per heavy atom. The molecule has 1 fully saturated rings. The summed E-state index contributed by atoms with van der Waals surface area (Å²) in [4.78, 5) is 34.7. The summed E-state index contributed by atoms with van der Waals surface area (Å²) in [6, 6.07) is 10.3. The summed E-state index contributed by atoms with van der Waals surface area (Å²) in [7, 11) is 0. The van der Waals surface area contributed by atoms with Crippen LogP contribution < -0.4 is 0 Å². The third-order valence-corrected chi connectivity index (χ3v) is 5.71. The van der Waals surface area contributed by atoms with Crippen molar-refractivity contribution in [2.75, 3.05) is 26.2 Å². The molecule has 0 aliphatic carbocycles. The average Bonchev–Trinajstić information content (AvgIpc) is 3.22. The molecule has 1 aromatic rings. The number of amides is 2. The number of piperidine rings is 1. The van der Waals surface area contributed by atoms with Crippen molar-refractivity contribution in [3.05, 3.63) is 35.9 Å². The first-order valence-electron chi connectivity index (χ1n) is 10.4. The van der Waals surface area contributed by atoms with E-state index < -0.39 is 6.10 Å². The average molecular weight is 386 g/mol. The third-order valence-electron chi connectivity index (χ3n) is 5.71. The van der Waals surface area contributed by atoms with Crippen molar-refractivity contribution in [2.24, 2.45) is 11.1 Å². The fourth-order valence-corrected chi connectivity index (χ4v) is 4.02. The second-order valence-corrected chi connectivity index (χ2v) is 7.58. The van der Waals surface area contributed by atoms with Gasteiger partial charge in [0, 0.05) is 32.6 Å². The van der Waals surface area contributed by atoms with E-state index in [0.29, 0.717) is 32.6 Å². The van der Waals surface area contributed by atoms with E-state index in [1.807, 2.05) is 36.9 Å². The van der Waals surface area contributed by atoms with Crippen LogP contribution in [-0.2, 0) is 20.8 Å². The van der Waals surface area contributed by atoms with Crippen LogP contribution in [0, 0.1) is 5.92 Å².